The Kier molecular flexibility index (Phi) is 30.9. The van der Waals surface area contributed by atoms with Crippen LogP contribution in [0.15, 0.2) is 0 Å². The standard InChI is InChI=1S/3C4H6O4.2Cr/c3*5-3(6)1-2-4(7)8;;/h3*1-2H2,(H,5,6)(H,7,8);;. The first kappa shape index (κ1) is 35.1. The molecule has 0 unspecified atom stereocenters. The third kappa shape index (κ3) is 57.5. The summed E-state index contributed by atoms with van der Waals surface area (Å²) in [7, 11) is 0. The van der Waals surface area contributed by atoms with Crippen LogP contribution in [0.2, 0.25) is 0 Å². The van der Waals surface area contributed by atoms with Gasteiger partial charge in [-0.3, -0.25) is 28.8 Å². The molecule has 0 heterocycles. The van der Waals surface area contributed by atoms with Crippen molar-refractivity contribution in [2.45, 2.75) is 38.5 Å². The first-order valence-electron chi connectivity index (χ1n) is 6.19. The van der Waals surface area contributed by atoms with Gasteiger partial charge in [0.05, 0.1) is 38.5 Å². The molecule has 0 spiro atoms. The van der Waals surface area contributed by atoms with Crippen LogP contribution < -0.4 is 0 Å². The summed E-state index contributed by atoms with van der Waals surface area (Å²) < 4.78 is 0. The minimum Gasteiger partial charge on any atom is -0.481 e. The van der Waals surface area contributed by atoms with Gasteiger partial charge in [-0.15, -0.1) is 0 Å². The third-order valence-electron chi connectivity index (χ3n) is 1.66. The molecule has 0 rings (SSSR count). The van der Waals surface area contributed by atoms with E-state index in [1.807, 2.05) is 0 Å². The van der Waals surface area contributed by atoms with Crippen LogP contribution in [0.3, 0.4) is 0 Å². The summed E-state index contributed by atoms with van der Waals surface area (Å²) in [6.07, 6.45) is -1.78. The van der Waals surface area contributed by atoms with E-state index >= 15 is 0 Å². The molecule has 0 aromatic rings. The number of carboxylic acid groups (broad SMARTS) is 6. The van der Waals surface area contributed by atoms with Crippen LogP contribution in [0.1, 0.15) is 38.5 Å². The normalized spacial score (nSPS) is 7.85. The number of carboxylic acids is 6. The third-order valence-corrected chi connectivity index (χ3v) is 1.66. The molecule has 0 saturated carbocycles. The fraction of sp³-hybridized carbons (Fsp3) is 0.500. The zero-order valence-corrected chi connectivity index (χ0v) is 15.7. The largest absolute Gasteiger partial charge is 0.481 e. The second-order valence-corrected chi connectivity index (χ2v) is 3.86. The summed E-state index contributed by atoms with van der Waals surface area (Å²) in [5, 5.41) is 47.4. The predicted octanol–water partition coefficient (Wildman–Crippen LogP) is -0.198. The average Bonchev–Trinajstić information content (AvgIpc) is 2.42. The molecule has 0 atom stereocenters. The van der Waals surface area contributed by atoms with Crippen molar-refractivity contribution in [2.75, 3.05) is 0 Å². The summed E-state index contributed by atoms with van der Waals surface area (Å²) in [5.41, 5.74) is 0. The molecule has 0 amide bonds. The summed E-state index contributed by atoms with van der Waals surface area (Å²) in [6.45, 7) is 0. The molecule has 0 aliphatic rings. The van der Waals surface area contributed by atoms with E-state index < -0.39 is 35.8 Å². The van der Waals surface area contributed by atoms with Crippen LogP contribution in [-0.4, -0.2) is 66.5 Å². The minimum atomic E-state index is -1.08. The van der Waals surface area contributed by atoms with Crippen LogP contribution in [-0.2, 0) is 63.5 Å². The number of aliphatic carboxylic acids is 6. The van der Waals surface area contributed by atoms with E-state index in [4.69, 9.17) is 30.6 Å². The fourth-order valence-corrected chi connectivity index (χ4v) is 0.642. The Morgan fingerprint density at radius 2 is 0.423 bits per heavy atom. The van der Waals surface area contributed by atoms with Crippen molar-refractivity contribution in [1.29, 1.82) is 0 Å². The summed E-state index contributed by atoms with van der Waals surface area (Å²) >= 11 is 0. The first-order chi connectivity index (χ1) is 10.9. The topological polar surface area (TPSA) is 224 Å². The quantitative estimate of drug-likeness (QED) is 0.264. The maximum Gasteiger partial charge on any atom is 0.303 e. The molecular formula is C12H18Cr2O12. The van der Waals surface area contributed by atoms with Crippen molar-refractivity contribution >= 4 is 35.8 Å². The van der Waals surface area contributed by atoms with Gasteiger partial charge >= 0.3 is 35.8 Å². The number of carbonyl (C=O) groups is 6. The Hall–Kier alpha value is -2.12. The van der Waals surface area contributed by atoms with Gasteiger partial charge in [-0.2, -0.15) is 0 Å². The molecule has 0 bridgehead atoms. The summed E-state index contributed by atoms with van der Waals surface area (Å²) in [6, 6.07) is 0. The SMILES string of the molecule is O=C(O)CCC(=O)O.O=C(O)CCC(=O)O.O=C(O)CCC(=O)O.[Cr].[Cr]. The molecule has 6 N–H and O–H groups in total. The van der Waals surface area contributed by atoms with E-state index in [-0.39, 0.29) is 73.2 Å². The maximum atomic E-state index is 9.64. The van der Waals surface area contributed by atoms with Crippen molar-refractivity contribution < 1.29 is 94.1 Å². The molecular weight excluding hydrogens is 440 g/mol. The summed E-state index contributed by atoms with van der Waals surface area (Å²) in [4.78, 5) is 57.8. The molecule has 0 aliphatic carbocycles. The molecule has 0 fully saturated rings. The van der Waals surface area contributed by atoms with Crippen molar-refractivity contribution in [1.82, 2.24) is 0 Å². The van der Waals surface area contributed by atoms with E-state index in [1.54, 1.807) is 0 Å². The van der Waals surface area contributed by atoms with Gasteiger partial charge in [-0.25, -0.2) is 0 Å². The molecule has 150 valence electrons. The predicted molar refractivity (Wildman–Crippen MR) is 73.5 cm³/mol. The second-order valence-electron chi connectivity index (χ2n) is 3.86. The van der Waals surface area contributed by atoms with Gasteiger partial charge in [0, 0.05) is 34.7 Å². The molecule has 0 saturated heterocycles. The smallest absolute Gasteiger partial charge is 0.303 e. The van der Waals surface area contributed by atoms with Gasteiger partial charge in [0.2, 0.25) is 0 Å². The van der Waals surface area contributed by atoms with Crippen molar-refractivity contribution in [3.05, 3.63) is 0 Å². The van der Waals surface area contributed by atoms with Gasteiger partial charge in [-0.1, -0.05) is 0 Å². The van der Waals surface area contributed by atoms with Gasteiger partial charge in [-0.05, 0) is 0 Å². The van der Waals surface area contributed by atoms with Crippen LogP contribution >= 0.6 is 0 Å². The Labute approximate surface area is 168 Å². The van der Waals surface area contributed by atoms with Gasteiger partial charge in [0.25, 0.3) is 0 Å². The van der Waals surface area contributed by atoms with Crippen LogP contribution in [0.25, 0.3) is 0 Å². The van der Waals surface area contributed by atoms with Gasteiger partial charge < -0.3 is 30.6 Å². The summed E-state index contributed by atoms with van der Waals surface area (Å²) in [5.74, 6) is -6.46. The van der Waals surface area contributed by atoms with Crippen molar-refractivity contribution in [2.24, 2.45) is 0 Å². The Bertz CT molecular complexity index is 355. The van der Waals surface area contributed by atoms with Crippen LogP contribution in [0, 0.1) is 0 Å². The minimum absolute atomic E-state index is 0. The number of rotatable bonds is 9. The molecule has 26 heavy (non-hydrogen) atoms. The van der Waals surface area contributed by atoms with Crippen LogP contribution in [0.4, 0.5) is 0 Å². The Morgan fingerprint density at radius 1 is 0.346 bits per heavy atom. The van der Waals surface area contributed by atoms with E-state index in [1.165, 1.54) is 0 Å². The number of hydrogen-bond acceptors (Lipinski definition) is 6. The molecule has 12 nitrogen and oxygen atoms in total. The average molecular weight is 458 g/mol. The van der Waals surface area contributed by atoms with Crippen LogP contribution in [0.5, 0.6) is 0 Å². The van der Waals surface area contributed by atoms with Crippen molar-refractivity contribution in [3.63, 3.8) is 0 Å². The van der Waals surface area contributed by atoms with Crippen molar-refractivity contribution in [3.8, 4) is 0 Å². The van der Waals surface area contributed by atoms with E-state index in [9.17, 15) is 28.8 Å². The maximum absolute atomic E-state index is 9.64. The molecule has 0 aromatic heterocycles. The zero-order chi connectivity index (χ0) is 19.7. The molecule has 0 radical (unpaired) electrons. The molecule has 0 aromatic carbocycles. The molecule has 0 aliphatic heterocycles. The van der Waals surface area contributed by atoms with E-state index in [0.29, 0.717) is 0 Å². The zero-order valence-electron chi connectivity index (χ0n) is 13.2. The van der Waals surface area contributed by atoms with Gasteiger partial charge in [0.1, 0.15) is 0 Å². The molecule has 14 heteroatoms. The Balaban J connectivity index is -0.0000000817. The second kappa shape index (κ2) is 22.9. The Morgan fingerprint density at radius 3 is 0.462 bits per heavy atom. The van der Waals surface area contributed by atoms with E-state index in [0.717, 1.165) is 0 Å². The monoisotopic (exact) mass is 458 g/mol. The first-order valence-corrected chi connectivity index (χ1v) is 6.19. The fourth-order valence-electron chi connectivity index (χ4n) is 0.642. The van der Waals surface area contributed by atoms with E-state index in [2.05, 4.69) is 0 Å². The number of hydrogen-bond donors (Lipinski definition) is 6. The van der Waals surface area contributed by atoms with Gasteiger partial charge in [0.15, 0.2) is 0 Å².